The minimum absolute atomic E-state index is 0.567. The minimum atomic E-state index is 0.567. The van der Waals surface area contributed by atoms with Crippen LogP contribution in [0.5, 0.6) is 0 Å². The molecule has 0 saturated carbocycles. The fraction of sp³-hybridized carbons (Fsp3) is 0.818. The van der Waals surface area contributed by atoms with Crippen molar-refractivity contribution in [1.82, 2.24) is 14.7 Å². The zero-order chi connectivity index (χ0) is 11.2. The molecule has 4 nitrogen and oxygen atoms in total. The standard InChI is InChI=1S/C11H20N4S/c1-2-4-10-14-11(16-15-10)13-9-5-3-7-12-8-6-9/h9,12H,2-8H2,1H3,(H,13,14,15). The lowest BCUT2D eigenvalue weighted by Crippen LogP contribution is -2.21. The Morgan fingerprint density at radius 1 is 1.44 bits per heavy atom. The normalized spacial score (nSPS) is 21.7. The molecular weight excluding hydrogens is 220 g/mol. The Morgan fingerprint density at radius 2 is 2.38 bits per heavy atom. The summed E-state index contributed by atoms with van der Waals surface area (Å²) in [5, 5.41) is 7.92. The van der Waals surface area contributed by atoms with E-state index in [1.807, 2.05) is 0 Å². The third kappa shape index (κ3) is 3.42. The third-order valence-corrected chi connectivity index (χ3v) is 3.53. The first-order valence-electron chi connectivity index (χ1n) is 6.18. The highest BCUT2D eigenvalue weighted by Gasteiger charge is 2.13. The molecule has 1 aliphatic rings. The largest absolute Gasteiger partial charge is 0.358 e. The van der Waals surface area contributed by atoms with E-state index in [9.17, 15) is 0 Å². The molecular formula is C11H20N4S. The SMILES string of the molecule is CCCc1nsc(NC2CCCNCC2)n1. The number of aromatic nitrogens is 2. The first kappa shape index (κ1) is 11.8. The molecule has 2 N–H and O–H groups in total. The predicted octanol–water partition coefficient (Wildman–Crippen LogP) is 2.04. The molecule has 0 aliphatic carbocycles. The van der Waals surface area contributed by atoms with Crippen LogP contribution in [-0.2, 0) is 6.42 Å². The minimum Gasteiger partial charge on any atom is -0.358 e. The fourth-order valence-electron chi connectivity index (χ4n) is 1.98. The molecule has 0 aromatic carbocycles. The quantitative estimate of drug-likeness (QED) is 0.845. The molecule has 0 amide bonds. The zero-order valence-corrected chi connectivity index (χ0v) is 10.6. The van der Waals surface area contributed by atoms with Crippen LogP contribution in [0.2, 0.25) is 0 Å². The molecule has 90 valence electrons. The van der Waals surface area contributed by atoms with E-state index in [2.05, 4.69) is 26.9 Å². The first-order valence-corrected chi connectivity index (χ1v) is 6.95. The summed E-state index contributed by atoms with van der Waals surface area (Å²) in [6, 6.07) is 0.567. The summed E-state index contributed by atoms with van der Waals surface area (Å²) < 4.78 is 4.35. The van der Waals surface area contributed by atoms with Crippen LogP contribution in [-0.4, -0.2) is 28.5 Å². The number of aryl methyl sites for hydroxylation is 1. The molecule has 1 aliphatic heterocycles. The highest BCUT2D eigenvalue weighted by atomic mass is 32.1. The predicted molar refractivity (Wildman–Crippen MR) is 68.0 cm³/mol. The number of anilines is 1. The molecule has 2 heterocycles. The number of nitrogens with one attached hydrogen (secondary N) is 2. The van der Waals surface area contributed by atoms with Crippen molar-refractivity contribution in [2.45, 2.75) is 45.1 Å². The van der Waals surface area contributed by atoms with Crippen LogP contribution in [0.25, 0.3) is 0 Å². The van der Waals surface area contributed by atoms with Gasteiger partial charge in [0.2, 0.25) is 5.13 Å². The summed E-state index contributed by atoms with van der Waals surface area (Å²) in [5.41, 5.74) is 0. The van der Waals surface area contributed by atoms with Crippen molar-refractivity contribution in [2.75, 3.05) is 18.4 Å². The number of hydrogen-bond donors (Lipinski definition) is 2. The van der Waals surface area contributed by atoms with Gasteiger partial charge in [-0.3, -0.25) is 0 Å². The van der Waals surface area contributed by atoms with Crippen LogP contribution in [0.3, 0.4) is 0 Å². The van der Waals surface area contributed by atoms with Crippen LogP contribution in [0.1, 0.15) is 38.4 Å². The molecule has 1 atom stereocenters. The van der Waals surface area contributed by atoms with Crippen molar-refractivity contribution < 1.29 is 0 Å². The van der Waals surface area contributed by atoms with Gasteiger partial charge in [0.1, 0.15) is 5.82 Å². The number of hydrogen-bond acceptors (Lipinski definition) is 5. The van der Waals surface area contributed by atoms with Crippen LogP contribution >= 0.6 is 11.5 Å². The summed E-state index contributed by atoms with van der Waals surface area (Å²) in [5.74, 6) is 0.988. The third-order valence-electron chi connectivity index (χ3n) is 2.85. The van der Waals surface area contributed by atoms with Crippen LogP contribution in [0.15, 0.2) is 0 Å². The zero-order valence-electron chi connectivity index (χ0n) is 9.83. The Balaban J connectivity index is 1.86. The van der Waals surface area contributed by atoms with Gasteiger partial charge < -0.3 is 10.6 Å². The molecule has 1 fully saturated rings. The van der Waals surface area contributed by atoms with Gasteiger partial charge in [0.05, 0.1) is 0 Å². The van der Waals surface area contributed by atoms with E-state index in [1.165, 1.54) is 30.8 Å². The van der Waals surface area contributed by atoms with Gasteiger partial charge in [-0.15, -0.1) is 0 Å². The van der Waals surface area contributed by atoms with Gasteiger partial charge in [-0.05, 0) is 38.8 Å². The molecule has 1 aromatic rings. The second kappa shape index (κ2) is 6.15. The first-order chi connectivity index (χ1) is 7.88. The van der Waals surface area contributed by atoms with Gasteiger partial charge in [-0.25, -0.2) is 4.98 Å². The van der Waals surface area contributed by atoms with E-state index < -0.39 is 0 Å². The second-order valence-corrected chi connectivity index (χ2v) is 5.04. The lowest BCUT2D eigenvalue weighted by atomic mass is 10.1. The van der Waals surface area contributed by atoms with E-state index in [0.29, 0.717) is 6.04 Å². The molecule has 0 radical (unpaired) electrons. The number of rotatable bonds is 4. The molecule has 0 spiro atoms. The van der Waals surface area contributed by atoms with Crippen LogP contribution in [0, 0.1) is 0 Å². The van der Waals surface area contributed by atoms with Crippen LogP contribution in [0.4, 0.5) is 5.13 Å². The molecule has 2 rings (SSSR count). The van der Waals surface area contributed by atoms with Gasteiger partial charge in [-0.1, -0.05) is 6.92 Å². The molecule has 1 saturated heterocycles. The van der Waals surface area contributed by atoms with E-state index in [0.717, 1.165) is 36.9 Å². The monoisotopic (exact) mass is 240 g/mol. The summed E-state index contributed by atoms with van der Waals surface area (Å²) in [4.78, 5) is 4.50. The highest BCUT2D eigenvalue weighted by Crippen LogP contribution is 2.17. The summed E-state index contributed by atoms with van der Waals surface area (Å²) in [6.07, 6.45) is 5.77. The Bertz CT molecular complexity index is 305. The van der Waals surface area contributed by atoms with E-state index in [1.54, 1.807) is 0 Å². The van der Waals surface area contributed by atoms with E-state index in [4.69, 9.17) is 0 Å². The van der Waals surface area contributed by atoms with Gasteiger partial charge in [0, 0.05) is 24.0 Å². The molecule has 1 unspecified atom stereocenters. The van der Waals surface area contributed by atoms with Crippen molar-refractivity contribution in [3.05, 3.63) is 5.82 Å². The lowest BCUT2D eigenvalue weighted by molar-refractivity contribution is 0.636. The van der Waals surface area contributed by atoms with Gasteiger partial charge >= 0.3 is 0 Å². The average molecular weight is 240 g/mol. The fourth-order valence-corrected chi connectivity index (χ4v) is 2.67. The molecule has 1 aromatic heterocycles. The molecule has 16 heavy (non-hydrogen) atoms. The Morgan fingerprint density at radius 3 is 3.25 bits per heavy atom. The van der Waals surface area contributed by atoms with E-state index >= 15 is 0 Å². The van der Waals surface area contributed by atoms with Crippen LogP contribution < -0.4 is 10.6 Å². The van der Waals surface area contributed by atoms with Gasteiger partial charge in [-0.2, -0.15) is 4.37 Å². The highest BCUT2D eigenvalue weighted by molar-refractivity contribution is 7.09. The smallest absolute Gasteiger partial charge is 0.202 e. The van der Waals surface area contributed by atoms with E-state index in [-0.39, 0.29) is 0 Å². The second-order valence-electron chi connectivity index (χ2n) is 4.29. The Labute approximate surface area is 101 Å². The number of nitrogens with zero attached hydrogens (tertiary/aromatic N) is 2. The summed E-state index contributed by atoms with van der Waals surface area (Å²) >= 11 is 1.50. The van der Waals surface area contributed by atoms with Crippen molar-refractivity contribution >= 4 is 16.7 Å². The lowest BCUT2D eigenvalue weighted by Gasteiger charge is -2.13. The van der Waals surface area contributed by atoms with Crippen molar-refractivity contribution in [3.8, 4) is 0 Å². The molecule has 0 bridgehead atoms. The maximum atomic E-state index is 4.50. The molecule has 5 heteroatoms. The summed E-state index contributed by atoms with van der Waals surface area (Å²) in [6.45, 7) is 4.42. The average Bonchev–Trinajstić information content (AvgIpc) is 2.56. The van der Waals surface area contributed by atoms with Crippen molar-refractivity contribution in [3.63, 3.8) is 0 Å². The van der Waals surface area contributed by atoms with Gasteiger partial charge in [0.15, 0.2) is 0 Å². The summed E-state index contributed by atoms with van der Waals surface area (Å²) in [7, 11) is 0. The van der Waals surface area contributed by atoms with Crippen molar-refractivity contribution in [2.24, 2.45) is 0 Å². The Kier molecular flexibility index (Phi) is 4.54. The Hall–Kier alpha value is -0.680. The van der Waals surface area contributed by atoms with Crippen molar-refractivity contribution in [1.29, 1.82) is 0 Å². The maximum absolute atomic E-state index is 4.50. The maximum Gasteiger partial charge on any atom is 0.202 e. The topological polar surface area (TPSA) is 49.8 Å². The van der Waals surface area contributed by atoms with Gasteiger partial charge in [0.25, 0.3) is 0 Å².